The van der Waals surface area contributed by atoms with Gasteiger partial charge in [0, 0.05) is 38.8 Å². The van der Waals surface area contributed by atoms with Gasteiger partial charge in [-0.25, -0.2) is 4.39 Å². The summed E-state index contributed by atoms with van der Waals surface area (Å²) in [6.07, 6.45) is 2.32. The van der Waals surface area contributed by atoms with Crippen molar-refractivity contribution >= 4 is 11.6 Å². The van der Waals surface area contributed by atoms with Crippen LogP contribution < -0.4 is 15.5 Å². The van der Waals surface area contributed by atoms with Crippen molar-refractivity contribution in [3.8, 4) is 0 Å². The first-order chi connectivity index (χ1) is 11.6. The number of benzene rings is 1. The van der Waals surface area contributed by atoms with E-state index in [9.17, 15) is 9.18 Å². The van der Waals surface area contributed by atoms with E-state index < -0.39 is 0 Å². The zero-order valence-electron chi connectivity index (χ0n) is 14.4. The molecule has 132 valence electrons. The average molecular weight is 334 g/mol. The fourth-order valence-corrected chi connectivity index (χ4v) is 3.49. The van der Waals surface area contributed by atoms with Gasteiger partial charge in [-0.3, -0.25) is 9.69 Å². The second kappa shape index (κ2) is 7.94. The molecule has 0 spiro atoms. The molecule has 5 nitrogen and oxygen atoms in total. The number of likely N-dealkylation sites (tertiary alicyclic amines) is 1. The lowest BCUT2D eigenvalue weighted by molar-refractivity contribution is -0.122. The lowest BCUT2D eigenvalue weighted by atomic mass is 10.1. The van der Waals surface area contributed by atoms with Crippen molar-refractivity contribution in [3.05, 3.63) is 29.6 Å². The molecule has 1 aromatic carbocycles. The third-order valence-corrected chi connectivity index (χ3v) is 5.00. The minimum absolute atomic E-state index is 0.00957. The summed E-state index contributed by atoms with van der Waals surface area (Å²) in [7, 11) is 0. The summed E-state index contributed by atoms with van der Waals surface area (Å²) < 4.78 is 14.4. The summed E-state index contributed by atoms with van der Waals surface area (Å²) in [5, 5.41) is 6.17. The molecule has 0 aliphatic carbocycles. The normalized spacial score (nSPS) is 21.9. The summed E-state index contributed by atoms with van der Waals surface area (Å²) in [5.74, 6) is -0.202. The third kappa shape index (κ3) is 4.24. The Morgan fingerprint density at radius 1 is 1.33 bits per heavy atom. The van der Waals surface area contributed by atoms with Crippen LogP contribution >= 0.6 is 0 Å². The molecule has 2 aliphatic heterocycles. The van der Waals surface area contributed by atoms with Crippen LogP contribution in [0, 0.1) is 5.82 Å². The fraction of sp³-hybridized carbons (Fsp3) is 0.611. The SMILES string of the molecule is C[C@@H]1CCCN1CC(=O)NCc1ccc(N2CCNCC2)c(F)c1. The van der Waals surface area contributed by atoms with Crippen molar-refractivity contribution in [2.45, 2.75) is 32.4 Å². The van der Waals surface area contributed by atoms with E-state index in [0.717, 1.165) is 51.1 Å². The van der Waals surface area contributed by atoms with Gasteiger partial charge in [-0.05, 0) is 44.0 Å². The Bertz CT molecular complexity index is 574. The molecule has 2 N–H and O–H groups in total. The van der Waals surface area contributed by atoms with Crippen LogP contribution in [0.25, 0.3) is 0 Å². The molecule has 2 saturated heterocycles. The molecule has 2 heterocycles. The minimum atomic E-state index is -0.211. The number of carbonyl (C=O) groups is 1. The summed E-state index contributed by atoms with van der Waals surface area (Å²) in [6.45, 7) is 7.36. The lowest BCUT2D eigenvalue weighted by Gasteiger charge is -2.29. The van der Waals surface area contributed by atoms with Gasteiger partial charge in [0.1, 0.15) is 5.82 Å². The van der Waals surface area contributed by atoms with Crippen LogP contribution in [0.4, 0.5) is 10.1 Å². The molecule has 0 radical (unpaired) electrons. The van der Waals surface area contributed by atoms with Crippen molar-refractivity contribution in [3.63, 3.8) is 0 Å². The van der Waals surface area contributed by atoms with Crippen LogP contribution in [0.5, 0.6) is 0 Å². The van der Waals surface area contributed by atoms with Gasteiger partial charge in [0.05, 0.1) is 12.2 Å². The van der Waals surface area contributed by atoms with Crippen molar-refractivity contribution in [1.82, 2.24) is 15.5 Å². The average Bonchev–Trinajstić information content (AvgIpc) is 2.99. The van der Waals surface area contributed by atoms with E-state index in [2.05, 4.69) is 27.4 Å². The number of hydrogen-bond acceptors (Lipinski definition) is 4. The van der Waals surface area contributed by atoms with Crippen LogP contribution in [0.15, 0.2) is 18.2 Å². The van der Waals surface area contributed by atoms with Crippen LogP contribution in [0.3, 0.4) is 0 Å². The largest absolute Gasteiger partial charge is 0.367 e. The predicted molar refractivity (Wildman–Crippen MR) is 93.6 cm³/mol. The van der Waals surface area contributed by atoms with E-state index in [1.165, 1.54) is 6.07 Å². The van der Waals surface area contributed by atoms with Gasteiger partial charge in [0.2, 0.25) is 5.91 Å². The van der Waals surface area contributed by atoms with Gasteiger partial charge in [-0.1, -0.05) is 6.07 Å². The van der Waals surface area contributed by atoms with Gasteiger partial charge < -0.3 is 15.5 Å². The maximum atomic E-state index is 14.4. The van der Waals surface area contributed by atoms with Crippen molar-refractivity contribution < 1.29 is 9.18 Å². The molecule has 1 aromatic rings. The van der Waals surface area contributed by atoms with E-state index in [1.54, 1.807) is 0 Å². The zero-order valence-corrected chi connectivity index (χ0v) is 14.4. The summed E-state index contributed by atoms with van der Waals surface area (Å²) in [6, 6.07) is 5.74. The van der Waals surface area contributed by atoms with E-state index in [4.69, 9.17) is 0 Å². The van der Waals surface area contributed by atoms with Gasteiger partial charge >= 0.3 is 0 Å². The Morgan fingerprint density at radius 3 is 2.79 bits per heavy atom. The van der Waals surface area contributed by atoms with Gasteiger partial charge in [-0.2, -0.15) is 0 Å². The number of halogens is 1. The van der Waals surface area contributed by atoms with Crippen LogP contribution in [0.1, 0.15) is 25.3 Å². The van der Waals surface area contributed by atoms with Crippen molar-refractivity contribution in [1.29, 1.82) is 0 Å². The standard InChI is InChI=1S/C18H27FN4O/c1-14-3-2-8-23(14)13-18(24)21-12-15-4-5-17(16(19)11-15)22-9-6-20-7-10-22/h4-5,11,14,20H,2-3,6-10,12-13H2,1H3,(H,21,24)/t14-/m1/s1. The molecule has 2 fully saturated rings. The molecular formula is C18H27FN4O. The highest BCUT2D eigenvalue weighted by atomic mass is 19.1. The predicted octanol–water partition coefficient (Wildman–Crippen LogP) is 1.34. The van der Waals surface area contributed by atoms with Gasteiger partial charge in [0.25, 0.3) is 0 Å². The quantitative estimate of drug-likeness (QED) is 0.853. The third-order valence-electron chi connectivity index (χ3n) is 5.00. The molecule has 3 rings (SSSR count). The summed E-state index contributed by atoms with van der Waals surface area (Å²) in [5.41, 5.74) is 1.45. The van der Waals surface area contributed by atoms with E-state index in [0.29, 0.717) is 24.8 Å². The van der Waals surface area contributed by atoms with Gasteiger partial charge in [0.15, 0.2) is 0 Å². The molecule has 6 heteroatoms. The topological polar surface area (TPSA) is 47.6 Å². The number of rotatable bonds is 5. The summed E-state index contributed by atoms with van der Waals surface area (Å²) in [4.78, 5) is 16.3. The Balaban J connectivity index is 1.52. The maximum absolute atomic E-state index is 14.4. The van der Waals surface area contributed by atoms with Gasteiger partial charge in [-0.15, -0.1) is 0 Å². The molecule has 0 aromatic heterocycles. The Kier molecular flexibility index (Phi) is 5.68. The van der Waals surface area contributed by atoms with E-state index in [1.807, 2.05) is 12.1 Å². The number of nitrogens with zero attached hydrogens (tertiary/aromatic N) is 2. The minimum Gasteiger partial charge on any atom is -0.367 e. The summed E-state index contributed by atoms with van der Waals surface area (Å²) >= 11 is 0. The number of amides is 1. The lowest BCUT2D eigenvalue weighted by Crippen LogP contribution is -2.43. The Labute approximate surface area is 143 Å². The van der Waals surface area contributed by atoms with Crippen molar-refractivity contribution in [2.75, 3.05) is 44.2 Å². The molecular weight excluding hydrogens is 307 g/mol. The molecule has 1 atom stereocenters. The molecule has 0 bridgehead atoms. The first kappa shape index (κ1) is 17.2. The molecule has 24 heavy (non-hydrogen) atoms. The maximum Gasteiger partial charge on any atom is 0.234 e. The number of carbonyl (C=O) groups excluding carboxylic acids is 1. The number of hydrogen-bond donors (Lipinski definition) is 2. The molecule has 1 amide bonds. The molecule has 0 unspecified atom stereocenters. The second-order valence-electron chi connectivity index (χ2n) is 6.76. The van der Waals surface area contributed by atoms with Crippen LogP contribution in [0.2, 0.25) is 0 Å². The van der Waals surface area contributed by atoms with E-state index in [-0.39, 0.29) is 11.7 Å². The Hall–Kier alpha value is -1.66. The number of nitrogens with one attached hydrogen (secondary N) is 2. The van der Waals surface area contributed by atoms with Crippen LogP contribution in [-0.2, 0) is 11.3 Å². The van der Waals surface area contributed by atoms with Crippen molar-refractivity contribution in [2.24, 2.45) is 0 Å². The Morgan fingerprint density at radius 2 is 2.12 bits per heavy atom. The monoisotopic (exact) mass is 334 g/mol. The highest BCUT2D eigenvalue weighted by Crippen LogP contribution is 2.21. The highest BCUT2D eigenvalue weighted by Gasteiger charge is 2.22. The first-order valence-corrected chi connectivity index (χ1v) is 8.88. The number of anilines is 1. The van der Waals surface area contributed by atoms with E-state index >= 15 is 0 Å². The number of piperazine rings is 1. The smallest absolute Gasteiger partial charge is 0.234 e. The fourth-order valence-electron chi connectivity index (χ4n) is 3.49. The second-order valence-corrected chi connectivity index (χ2v) is 6.76. The van der Waals surface area contributed by atoms with Crippen LogP contribution in [-0.4, -0.2) is 56.1 Å². The highest BCUT2D eigenvalue weighted by molar-refractivity contribution is 5.78. The zero-order chi connectivity index (χ0) is 16.9. The molecule has 0 saturated carbocycles. The first-order valence-electron chi connectivity index (χ1n) is 8.88. The molecule has 2 aliphatic rings.